The first-order valence-corrected chi connectivity index (χ1v) is 5.61. The van der Waals surface area contributed by atoms with Gasteiger partial charge in [-0.25, -0.2) is 9.78 Å². The van der Waals surface area contributed by atoms with E-state index >= 15 is 0 Å². The summed E-state index contributed by atoms with van der Waals surface area (Å²) in [4.78, 5) is 15.3. The number of aromatic nitrogens is 1. The van der Waals surface area contributed by atoms with Gasteiger partial charge in [0.05, 0.1) is 5.69 Å². The second-order valence-corrected chi connectivity index (χ2v) is 3.76. The van der Waals surface area contributed by atoms with E-state index in [0.29, 0.717) is 11.7 Å². The summed E-state index contributed by atoms with van der Waals surface area (Å²) in [5, 5.41) is 4.99. The lowest BCUT2D eigenvalue weighted by Crippen LogP contribution is -2.13. The van der Waals surface area contributed by atoms with Gasteiger partial charge in [-0.1, -0.05) is 19.1 Å². The molecule has 0 fully saturated rings. The zero-order chi connectivity index (χ0) is 11.1. The Balaban J connectivity index is 2.27. The number of ether oxygens (including phenoxy) is 1. The second kappa shape index (κ2) is 6.19. The van der Waals surface area contributed by atoms with Gasteiger partial charge in [-0.15, -0.1) is 11.3 Å². The van der Waals surface area contributed by atoms with E-state index in [1.807, 2.05) is 31.4 Å². The standard InChI is InChI=1S/C10H14N2O2S/c1-3-4-5-6-14-10(13)12-9-11-8(2)7-15-9/h4-5,7H,3,6H2,1-2H3,(H,11,12,13)/b5-4+. The summed E-state index contributed by atoms with van der Waals surface area (Å²) in [6.07, 6.45) is 4.23. The zero-order valence-electron chi connectivity index (χ0n) is 8.82. The maximum atomic E-state index is 11.2. The van der Waals surface area contributed by atoms with E-state index in [9.17, 15) is 4.79 Å². The number of anilines is 1. The van der Waals surface area contributed by atoms with Crippen LogP contribution in [-0.4, -0.2) is 17.7 Å². The van der Waals surface area contributed by atoms with Crippen LogP contribution in [-0.2, 0) is 4.74 Å². The van der Waals surface area contributed by atoms with Crippen LogP contribution in [0.3, 0.4) is 0 Å². The molecule has 1 N–H and O–H groups in total. The molecule has 0 saturated heterocycles. The number of rotatable bonds is 4. The number of allylic oxidation sites excluding steroid dienone is 1. The molecule has 0 aromatic carbocycles. The predicted molar refractivity (Wildman–Crippen MR) is 61.3 cm³/mol. The molecule has 0 bridgehead atoms. The molecule has 1 aromatic heterocycles. The quantitative estimate of drug-likeness (QED) is 0.803. The minimum Gasteiger partial charge on any atom is -0.445 e. The molecule has 0 aliphatic carbocycles. The topological polar surface area (TPSA) is 51.2 Å². The summed E-state index contributed by atoms with van der Waals surface area (Å²) in [7, 11) is 0. The van der Waals surface area contributed by atoms with Crippen molar-refractivity contribution in [3.63, 3.8) is 0 Å². The number of nitrogens with one attached hydrogen (secondary N) is 1. The number of hydrogen-bond acceptors (Lipinski definition) is 4. The number of nitrogens with zero attached hydrogens (tertiary/aromatic N) is 1. The van der Waals surface area contributed by atoms with Gasteiger partial charge in [-0.3, -0.25) is 5.32 Å². The second-order valence-electron chi connectivity index (χ2n) is 2.90. The average molecular weight is 226 g/mol. The summed E-state index contributed by atoms with van der Waals surface area (Å²) in [5.74, 6) is 0. The van der Waals surface area contributed by atoms with E-state index in [0.717, 1.165) is 12.1 Å². The molecule has 0 saturated carbocycles. The highest BCUT2D eigenvalue weighted by Gasteiger charge is 2.04. The van der Waals surface area contributed by atoms with Gasteiger partial charge in [0.1, 0.15) is 6.61 Å². The number of amides is 1. The maximum Gasteiger partial charge on any atom is 0.413 e. The van der Waals surface area contributed by atoms with Crippen LogP contribution < -0.4 is 5.32 Å². The molecule has 0 spiro atoms. The number of carbonyl (C=O) groups excluding carboxylic acids is 1. The van der Waals surface area contributed by atoms with Crippen molar-refractivity contribution in [2.45, 2.75) is 20.3 Å². The molecule has 4 nitrogen and oxygen atoms in total. The van der Waals surface area contributed by atoms with Crippen molar-refractivity contribution in [1.29, 1.82) is 0 Å². The molecule has 1 rings (SSSR count). The monoisotopic (exact) mass is 226 g/mol. The van der Waals surface area contributed by atoms with Crippen LogP contribution in [0.2, 0.25) is 0 Å². The molecule has 0 aliphatic heterocycles. The number of aryl methyl sites for hydroxylation is 1. The fraction of sp³-hybridized carbons (Fsp3) is 0.400. The molecule has 0 atom stereocenters. The number of thiazole rings is 1. The smallest absolute Gasteiger partial charge is 0.413 e. The normalized spacial score (nSPS) is 10.5. The van der Waals surface area contributed by atoms with Crippen LogP contribution in [0, 0.1) is 6.92 Å². The first-order chi connectivity index (χ1) is 7.22. The van der Waals surface area contributed by atoms with E-state index in [1.54, 1.807) is 0 Å². The van der Waals surface area contributed by atoms with E-state index in [1.165, 1.54) is 11.3 Å². The minimum atomic E-state index is -0.467. The first kappa shape index (κ1) is 11.7. The molecular weight excluding hydrogens is 212 g/mol. The van der Waals surface area contributed by atoms with E-state index in [2.05, 4.69) is 10.3 Å². The van der Waals surface area contributed by atoms with Crippen molar-refractivity contribution < 1.29 is 9.53 Å². The average Bonchev–Trinajstić information content (AvgIpc) is 2.59. The molecule has 1 amide bonds. The SMILES string of the molecule is CC/C=C/COC(=O)Nc1nc(C)cs1. The zero-order valence-corrected chi connectivity index (χ0v) is 9.63. The Labute approximate surface area is 93.0 Å². The van der Waals surface area contributed by atoms with E-state index in [-0.39, 0.29) is 0 Å². The Kier molecular flexibility index (Phi) is 4.83. The third kappa shape index (κ3) is 4.60. The Morgan fingerprint density at radius 1 is 1.67 bits per heavy atom. The van der Waals surface area contributed by atoms with Crippen LogP contribution in [0.4, 0.5) is 9.93 Å². The molecule has 0 unspecified atom stereocenters. The highest BCUT2D eigenvalue weighted by molar-refractivity contribution is 7.13. The van der Waals surface area contributed by atoms with Gasteiger partial charge < -0.3 is 4.74 Å². The van der Waals surface area contributed by atoms with Crippen LogP contribution >= 0.6 is 11.3 Å². The van der Waals surface area contributed by atoms with E-state index in [4.69, 9.17) is 4.74 Å². The fourth-order valence-corrected chi connectivity index (χ4v) is 1.57. The summed E-state index contributed by atoms with van der Waals surface area (Å²) in [5.41, 5.74) is 0.890. The maximum absolute atomic E-state index is 11.2. The highest BCUT2D eigenvalue weighted by atomic mass is 32.1. The molecule has 0 aliphatic rings. The molecular formula is C10H14N2O2S. The van der Waals surface area contributed by atoms with Crippen molar-refractivity contribution in [3.8, 4) is 0 Å². The summed E-state index contributed by atoms with van der Waals surface area (Å²) >= 11 is 1.38. The Morgan fingerprint density at radius 3 is 3.07 bits per heavy atom. The molecule has 15 heavy (non-hydrogen) atoms. The minimum absolute atomic E-state index is 0.296. The van der Waals surface area contributed by atoms with Crippen LogP contribution in [0.1, 0.15) is 19.0 Å². The van der Waals surface area contributed by atoms with Crippen molar-refractivity contribution in [3.05, 3.63) is 23.2 Å². The molecule has 1 aromatic rings. The highest BCUT2D eigenvalue weighted by Crippen LogP contribution is 2.14. The van der Waals surface area contributed by atoms with Crippen LogP contribution in [0.25, 0.3) is 0 Å². The largest absolute Gasteiger partial charge is 0.445 e. The summed E-state index contributed by atoms with van der Waals surface area (Å²) in [6, 6.07) is 0. The summed E-state index contributed by atoms with van der Waals surface area (Å²) in [6.45, 7) is 4.19. The van der Waals surface area contributed by atoms with Gasteiger partial charge in [-0.2, -0.15) is 0 Å². The van der Waals surface area contributed by atoms with Gasteiger partial charge in [0.15, 0.2) is 5.13 Å². The van der Waals surface area contributed by atoms with Gasteiger partial charge in [0.25, 0.3) is 0 Å². The Hall–Kier alpha value is -1.36. The molecule has 5 heteroatoms. The van der Waals surface area contributed by atoms with E-state index < -0.39 is 6.09 Å². The number of carbonyl (C=O) groups is 1. The number of hydrogen-bond donors (Lipinski definition) is 1. The molecule has 1 heterocycles. The van der Waals surface area contributed by atoms with Crippen molar-refractivity contribution in [1.82, 2.24) is 4.98 Å². The van der Waals surface area contributed by atoms with Gasteiger partial charge >= 0.3 is 6.09 Å². The third-order valence-corrected chi connectivity index (χ3v) is 2.42. The molecule has 82 valence electrons. The van der Waals surface area contributed by atoms with Crippen molar-refractivity contribution >= 4 is 22.6 Å². The predicted octanol–water partition coefficient (Wildman–Crippen LogP) is 2.97. The van der Waals surface area contributed by atoms with Crippen LogP contribution in [0.5, 0.6) is 0 Å². The molecule has 0 radical (unpaired) electrons. The summed E-state index contributed by atoms with van der Waals surface area (Å²) < 4.78 is 4.89. The van der Waals surface area contributed by atoms with Gasteiger partial charge in [-0.05, 0) is 13.3 Å². The lowest BCUT2D eigenvalue weighted by molar-refractivity contribution is 0.174. The fourth-order valence-electron chi connectivity index (χ4n) is 0.893. The first-order valence-electron chi connectivity index (χ1n) is 4.73. The lowest BCUT2D eigenvalue weighted by atomic mass is 10.4. The van der Waals surface area contributed by atoms with Crippen molar-refractivity contribution in [2.24, 2.45) is 0 Å². The van der Waals surface area contributed by atoms with Crippen LogP contribution in [0.15, 0.2) is 17.5 Å². The van der Waals surface area contributed by atoms with Gasteiger partial charge in [0.2, 0.25) is 0 Å². The Morgan fingerprint density at radius 2 is 2.47 bits per heavy atom. The lowest BCUT2D eigenvalue weighted by Gasteiger charge is -2.00. The van der Waals surface area contributed by atoms with Crippen molar-refractivity contribution in [2.75, 3.05) is 11.9 Å². The Bertz CT molecular complexity index is 347. The third-order valence-electron chi connectivity index (χ3n) is 1.54. The van der Waals surface area contributed by atoms with Gasteiger partial charge in [0, 0.05) is 5.38 Å².